The topological polar surface area (TPSA) is 87.2 Å². The summed E-state index contributed by atoms with van der Waals surface area (Å²) in [7, 11) is 0. The summed E-state index contributed by atoms with van der Waals surface area (Å²) in [6.07, 6.45) is 3.26. The van der Waals surface area contributed by atoms with Crippen molar-refractivity contribution in [2.75, 3.05) is 62.8 Å². The third-order valence-electron chi connectivity index (χ3n) is 9.23. The van der Waals surface area contributed by atoms with E-state index in [0.717, 1.165) is 68.7 Å². The van der Waals surface area contributed by atoms with Crippen LogP contribution >= 0.6 is 11.6 Å². The lowest BCUT2D eigenvalue weighted by Gasteiger charge is -2.45. The minimum atomic E-state index is -0.463. The zero-order valence-corrected chi connectivity index (χ0v) is 21.8. The summed E-state index contributed by atoms with van der Waals surface area (Å²) in [5.41, 5.74) is 0.690. The Morgan fingerprint density at radius 1 is 1.14 bits per heavy atom. The molecule has 36 heavy (non-hydrogen) atoms. The Bertz CT molecular complexity index is 1170. The molecule has 3 aliphatic heterocycles. The lowest BCUT2D eigenvalue weighted by molar-refractivity contribution is -0.118. The largest absolute Gasteiger partial charge is 0.389 e. The molecule has 4 heterocycles. The second-order valence-electron chi connectivity index (χ2n) is 11.4. The minimum absolute atomic E-state index is 0.0180. The Balaban J connectivity index is 1.15. The van der Waals surface area contributed by atoms with Gasteiger partial charge in [0.2, 0.25) is 5.91 Å². The van der Waals surface area contributed by atoms with E-state index in [1.54, 1.807) is 6.20 Å². The van der Waals surface area contributed by atoms with Crippen molar-refractivity contribution in [1.29, 1.82) is 0 Å². The van der Waals surface area contributed by atoms with Crippen LogP contribution in [0.4, 0.5) is 11.5 Å². The van der Waals surface area contributed by atoms with Crippen molar-refractivity contribution in [3.05, 3.63) is 29.4 Å². The molecule has 6 rings (SSSR count). The first-order chi connectivity index (χ1) is 17.3. The molecule has 1 aromatic carbocycles. The summed E-state index contributed by atoms with van der Waals surface area (Å²) in [6, 6.07) is 5.98. The molecule has 5 atom stereocenters. The molecule has 1 aliphatic carbocycles. The number of benzene rings is 1. The lowest BCUT2D eigenvalue weighted by atomic mass is 9.88. The molecule has 9 heteroatoms. The second kappa shape index (κ2) is 9.10. The third kappa shape index (κ3) is 4.17. The van der Waals surface area contributed by atoms with Gasteiger partial charge in [-0.2, -0.15) is 0 Å². The van der Waals surface area contributed by atoms with E-state index < -0.39 is 6.10 Å². The van der Waals surface area contributed by atoms with Gasteiger partial charge < -0.3 is 24.8 Å². The third-order valence-corrected chi connectivity index (χ3v) is 9.53. The van der Waals surface area contributed by atoms with Crippen LogP contribution in [0.5, 0.6) is 0 Å². The van der Waals surface area contributed by atoms with Crippen LogP contribution in [0.3, 0.4) is 0 Å². The van der Waals surface area contributed by atoms with Crippen LogP contribution in [0, 0.1) is 17.3 Å². The molecular formula is C27H35ClN4O4. The van der Waals surface area contributed by atoms with Crippen LogP contribution in [0.2, 0.25) is 5.02 Å². The molecule has 0 spiro atoms. The quantitative estimate of drug-likeness (QED) is 0.633. The number of fused-ring (bicyclic) bond motifs is 1. The van der Waals surface area contributed by atoms with Gasteiger partial charge in [0.15, 0.2) is 0 Å². The van der Waals surface area contributed by atoms with E-state index in [1.807, 2.05) is 12.1 Å². The highest BCUT2D eigenvalue weighted by Gasteiger charge is 2.59. The molecule has 0 radical (unpaired) electrons. The number of nitrogens with zero attached hydrogens (tertiary/aromatic N) is 3. The summed E-state index contributed by atoms with van der Waals surface area (Å²) in [4.78, 5) is 22.1. The molecule has 2 aromatic rings. The maximum Gasteiger partial charge on any atom is 0.229 e. The Morgan fingerprint density at radius 2 is 1.94 bits per heavy atom. The number of carbonyl (C=O) groups excluding carboxylic acids is 1. The molecule has 1 aromatic heterocycles. The van der Waals surface area contributed by atoms with E-state index in [4.69, 9.17) is 21.1 Å². The molecule has 4 aliphatic rings. The average molecular weight is 515 g/mol. The van der Waals surface area contributed by atoms with Gasteiger partial charge in [-0.05, 0) is 54.7 Å². The van der Waals surface area contributed by atoms with Gasteiger partial charge in [0, 0.05) is 50.3 Å². The fraction of sp³-hybridized carbons (Fsp3) is 0.630. The Labute approximate surface area is 216 Å². The maximum atomic E-state index is 13.0. The molecule has 0 bridgehead atoms. The smallest absolute Gasteiger partial charge is 0.229 e. The standard InChI is InChI=1S/C27H35ClN4O4/c1-26(19-3-8-35-14-19)12-20(26)25(34)30-24-11-17-10-22(21(28)9-18(17)13-29-24)31-4-6-32(7-5-31)27(2)16-36-15-23(27)33/h9-11,13,19-20,23,33H,3-8,12,14-16H2,1-2H3,(H,29,30,34)/t19?,20-,23+,26-,27-/m0/s1. The highest BCUT2D eigenvalue weighted by atomic mass is 35.5. The number of anilines is 2. The summed E-state index contributed by atoms with van der Waals surface area (Å²) in [6.45, 7) is 10.1. The minimum Gasteiger partial charge on any atom is -0.389 e. The fourth-order valence-electron chi connectivity index (χ4n) is 6.37. The number of amides is 1. The number of pyridine rings is 1. The lowest BCUT2D eigenvalue weighted by Crippen LogP contribution is -2.60. The summed E-state index contributed by atoms with van der Waals surface area (Å²) in [5.74, 6) is 1.11. The van der Waals surface area contributed by atoms with Gasteiger partial charge in [-0.1, -0.05) is 18.5 Å². The van der Waals surface area contributed by atoms with Gasteiger partial charge in [0.1, 0.15) is 5.82 Å². The number of carbonyl (C=O) groups is 1. The molecule has 3 saturated heterocycles. The molecule has 2 N–H and O–H groups in total. The van der Waals surface area contributed by atoms with Gasteiger partial charge in [0.05, 0.1) is 42.2 Å². The van der Waals surface area contributed by atoms with Crippen molar-refractivity contribution in [2.45, 2.75) is 38.3 Å². The number of hydrogen-bond acceptors (Lipinski definition) is 7. The van der Waals surface area contributed by atoms with Crippen LogP contribution in [0.25, 0.3) is 10.8 Å². The van der Waals surface area contributed by atoms with Crippen molar-refractivity contribution in [3.63, 3.8) is 0 Å². The van der Waals surface area contributed by atoms with E-state index in [2.05, 4.69) is 40.0 Å². The molecule has 1 amide bonds. The number of halogens is 1. The maximum absolute atomic E-state index is 13.0. The summed E-state index contributed by atoms with van der Waals surface area (Å²) in [5, 5.41) is 16.1. The van der Waals surface area contributed by atoms with Crippen LogP contribution in [0.1, 0.15) is 26.7 Å². The van der Waals surface area contributed by atoms with E-state index >= 15 is 0 Å². The predicted molar refractivity (Wildman–Crippen MR) is 140 cm³/mol. The van der Waals surface area contributed by atoms with Crippen molar-refractivity contribution in [1.82, 2.24) is 9.88 Å². The van der Waals surface area contributed by atoms with Gasteiger partial charge in [-0.3, -0.25) is 9.69 Å². The summed E-state index contributed by atoms with van der Waals surface area (Å²) >= 11 is 6.70. The number of rotatable bonds is 5. The van der Waals surface area contributed by atoms with E-state index in [9.17, 15) is 9.90 Å². The first-order valence-corrected chi connectivity index (χ1v) is 13.4. The van der Waals surface area contributed by atoms with Crippen molar-refractivity contribution in [2.24, 2.45) is 17.3 Å². The first-order valence-electron chi connectivity index (χ1n) is 13.0. The van der Waals surface area contributed by atoms with Crippen molar-refractivity contribution < 1.29 is 19.4 Å². The van der Waals surface area contributed by atoms with Gasteiger partial charge in [-0.25, -0.2) is 4.98 Å². The van der Waals surface area contributed by atoms with E-state index in [0.29, 0.717) is 30.0 Å². The Morgan fingerprint density at radius 3 is 2.64 bits per heavy atom. The normalized spacial score (nSPS) is 34.9. The van der Waals surface area contributed by atoms with E-state index in [-0.39, 0.29) is 22.8 Å². The fourth-order valence-corrected chi connectivity index (χ4v) is 6.66. The van der Waals surface area contributed by atoms with Gasteiger partial charge in [-0.15, -0.1) is 0 Å². The number of aliphatic hydroxyl groups excluding tert-OH is 1. The van der Waals surface area contributed by atoms with Crippen molar-refractivity contribution in [3.8, 4) is 0 Å². The SMILES string of the molecule is C[C@@]1(C2CCOC2)C[C@H]1C(=O)Nc1cc2cc(N3CCN([C@@]4(C)COC[C@H]4O)CC3)c(Cl)cc2cn1. The average Bonchev–Trinajstić information content (AvgIpc) is 3.19. The highest BCUT2D eigenvalue weighted by molar-refractivity contribution is 6.34. The second-order valence-corrected chi connectivity index (χ2v) is 11.8. The zero-order chi connectivity index (χ0) is 25.1. The molecular weight excluding hydrogens is 480 g/mol. The van der Waals surface area contributed by atoms with Crippen LogP contribution in [-0.4, -0.2) is 85.1 Å². The number of piperazine rings is 1. The Kier molecular flexibility index (Phi) is 6.16. The molecule has 194 valence electrons. The molecule has 1 saturated carbocycles. The molecule has 1 unspecified atom stereocenters. The number of nitrogens with one attached hydrogen (secondary N) is 1. The van der Waals surface area contributed by atoms with Gasteiger partial charge >= 0.3 is 0 Å². The highest BCUT2D eigenvalue weighted by Crippen LogP contribution is 2.59. The monoisotopic (exact) mass is 514 g/mol. The van der Waals surface area contributed by atoms with Crippen LogP contribution in [-0.2, 0) is 14.3 Å². The van der Waals surface area contributed by atoms with Crippen LogP contribution in [0.15, 0.2) is 24.4 Å². The zero-order valence-electron chi connectivity index (χ0n) is 21.0. The number of hydrogen-bond donors (Lipinski definition) is 2. The van der Waals surface area contributed by atoms with E-state index in [1.165, 1.54) is 0 Å². The van der Waals surface area contributed by atoms with Crippen LogP contribution < -0.4 is 10.2 Å². The number of aliphatic hydroxyl groups is 1. The Hall–Kier alpha value is -1.97. The number of ether oxygens (including phenoxy) is 2. The first kappa shape index (κ1) is 24.4. The molecule has 8 nitrogen and oxygen atoms in total. The predicted octanol–water partition coefficient (Wildman–Crippen LogP) is 3.16. The number of aromatic nitrogens is 1. The molecule has 4 fully saturated rings. The van der Waals surface area contributed by atoms with Gasteiger partial charge in [0.25, 0.3) is 0 Å². The summed E-state index contributed by atoms with van der Waals surface area (Å²) < 4.78 is 11.1. The van der Waals surface area contributed by atoms with Crippen molar-refractivity contribution >= 4 is 39.8 Å².